The van der Waals surface area contributed by atoms with E-state index >= 15 is 0 Å². The third kappa shape index (κ3) is 5.17. The molecule has 0 aromatic heterocycles. The molecule has 0 bridgehead atoms. The Bertz CT molecular complexity index is 787. The van der Waals surface area contributed by atoms with Crippen LogP contribution in [0.1, 0.15) is 30.9 Å². The molecule has 144 valence electrons. The van der Waals surface area contributed by atoms with Gasteiger partial charge in [0.25, 0.3) is 5.91 Å². The number of nitrogens with two attached hydrogens (primary N) is 1. The summed E-state index contributed by atoms with van der Waals surface area (Å²) in [4.78, 5) is 24.7. The van der Waals surface area contributed by atoms with E-state index in [-0.39, 0.29) is 22.9 Å². The molecular weight excluding hydrogens is 357 g/mol. The van der Waals surface area contributed by atoms with Crippen LogP contribution in [0.3, 0.4) is 0 Å². The predicted molar refractivity (Wildman–Crippen MR) is 97.2 cm³/mol. The maximum Gasteiger partial charge on any atom is 0.472 e. The Hall–Kier alpha value is -2.67. The van der Waals surface area contributed by atoms with Crippen LogP contribution in [0.4, 0.5) is 18.9 Å². The number of carbonyl (C=O) groups is 2. The Kier molecular flexibility index (Phi) is 6.38. The molecule has 0 saturated heterocycles. The van der Waals surface area contributed by atoms with Gasteiger partial charge in [-0.3, -0.25) is 9.59 Å². The molecule has 2 rings (SSSR count). The van der Waals surface area contributed by atoms with Crippen molar-refractivity contribution in [1.29, 1.82) is 0 Å². The van der Waals surface area contributed by atoms with Gasteiger partial charge in [0.2, 0.25) is 0 Å². The summed E-state index contributed by atoms with van der Waals surface area (Å²) >= 11 is 0. The lowest BCUT2D eigenvalue weighted by Gasteiger charge is -2.25. The van der Waals surface area contributed by atoms with Crippen molar-refractivity contribution in [3.63, 3.8) is 0 Å². The molecule has 0 radical (unpaired) electrons. The average molecular weight is 378 g/mol. The summed E-state index contributed by atoms with van der Waals surface area (Å²) in [5.74, 6) is -3.20. The molecular formula is C20H21F3N2O2. The van der Waals surface area contributed by atoms with Gasteiger partial charge in [-0.25, -0.2) is 4.90 Å². The zero-order valence-corrected chi connectivity index (χ0v) is 15.0. The number of amides is 2. The van der Waals surface area contributed by atoms with Crippen LogP contribution in [-0.2, 0) is 16.0 Å². The Morgan fingerprint density at radius 3 is 2.04 bits per heavy atom. The van der Waals surface area contributed by atoms with Gasteiger partial charge in [0, 0.05) is 0 Å². The van der Waals surface area contributed by atoms with Gasteiger partial charge >= 0.3 is 12.1 Å². The first-order chi connectivity index (χ1) is 12.6. The molecule has 0 aliphatic rings. The van der Waals surface area contributed by atoms with Crippen molar-refractivity contribution in [2.45, 2.75) is 38.4 Å². The molecule has 2 N–H and O–H groups in total. The van der Waals surface area contributed by atoms with Gasteiger partial charge < -0.3 is 5.73 Å². The van der Waals surface area contributed by atoms with Crippen molar-refractivity contribution in [3.05, 3.63) is 65.7 Å². The fraction of sp³-hybridized carbons (Fsp3) is 0.300. The molecule has 1 atom stereocenters. The molecule has 4 nitrogen and oxygen atoms in total. The minimum Gasteiger partial charge on any atom is -0.320 e. The SMILES string of the molecule is CC(C)c1ccc(N(C(=O)C(N)Cc2ccccc2)C(=O)C(F)(F)F)cc1. The van der Waals surface area contributed by atoms with E-state index in [9.17, 15) is 22.8 Å². The molecule has 0 spiro atoms. The van der Waals surface area contributed by atoms with Crippen molar-refractivity contribution < 1.29 is 22.8 Å². The van der Waals surface area contributed by atoms with E-state index in [0.29, 0.717) is 5.56 Å². The van der Waals surface area contributed by atoms with Crippen LogP contribution in [0.5, 0.6) is 0 Å². The Labute approximate surface area is 155 Å². The van der Waals surface area contributed by atoms with E-state index < -0.39 is 24.0 Å². The van der Waals surface area contributed by atoms with E-state index in [4.69, 9.17) is 5.73 Å². The first-order valence-electron chi connectivity index (χ1n) is 8.46. The van der Waals surface area contributed by atoms with E-state index in [0.717, 1.165) is 5.56 Å². The smallest absolute Gasteiger partial charge is 0.320 e. The molecule has 0 aliphatic heterocycles. The summed E-state index contributed by atoms with van der Waals surface area (Å²) in [6.45, 7) is 3.85. The monoisotopic (exact) mass is 378 g/mol. The largest absolute Gasteiger partial charge is 0.472 e. The summed E-state index contributed by atoms with van der Waals surface area (Å²) in [7, 11) is 0. The first-order valence-corrected chi connectivity index (χ1v) is 8.46. The molecule has 0 heterocycles. The quantitative estimate of drug-likeness (QED) is 0.861. The van der Waals surface area contributed by atoms with Gasteiger partial charge in [0.1, 0.15) is 0 Å². The second kappa shape index (κ2) is 8.35. The summed E-state index contributed by atoms with van der Waals surface area (Å²) in [6.07, 6.45) is -5.18. The lowest BCUT2D eigenvalue weighted by atomic mass is 10.0. The number of alkyl halides is 3. The van der Waals surface area contributed by atoms with Crippen molar-refractivity contribution in [1.82, 2.24) is 0 Å². The summed E-state index contributed by atoms with van der Waals surface area (Å²) in [5, 5.41) is 0. The normalized spacial score (nSPS) is 12.7. The number of carbonyl (C=O) groups excluding carboxylic acids is 2. The molecule has 27 heavy (non-hydrogen) atoms. The van der Waals surface area contributed by atoms with E-state index in [1.165, 1.54) is 12.1 Å². The third-order valence-corrected chi connectivity index (χ3v) is 4.10. The first kappa shape index (κ1) is 20.6. The van der Waals surface area contributed by atoms with E-state index in [2.05, 4.69) is 0 Å². The van der Waals surface area contributed by atoms with Gasteiger partial charge in [-0.1, -0.05) is 56.3 Å². The molecule has 1 unspecified atom stereocenters. The Balaban J connectivity index is 2.34. The zero-order valence-electron chi connectivity index (χ0n) is 15.0. The topological polar surface area (TPSA) is 63.4 Å². The van der Waals surface area contributed by atoms with Crippen molar-refractivity contribution >= 4 is 17.5 Å². The maximum atomic E-state index is 13.1. The highest BCUT2D eigenvalue weighted by Gasteiger charge is 2.46. The summed E-state index contributed by atoms with van der Waals surface area (Å²) in [6, 6.07) is 13.2. The fourth-order valence-electron chi connectivity index (χ4n) is 2.60. The van der Waals surface area contributed by atoms with Crippen LogP contribution >= 0.6 is 0 Å². The van der Waals surface area contributed by atoms with Crippen LogP contribution in [0.2, 0.25) is 0 Å². The van der Waals surface area contributed by atoms with Gasteiger partial charge in [-0.15, -0.1) is 0 Å². The zero-order chi connectivity index (χ0) is 20.2. The van der Waals surface area contributed by atoms with Crippen LogP contribution in [0.15, 0.2) is 54.6 Å². The average Bonchev–Trinajstić information content (AvgIpc) is 2.62. The molecule has 0 saturated carbocycles. The van der Waals surface area contributed by atoms with Crippen LogP contribution in [0.25, 0.3) is 0 Å². The highest BCUT2D eigenvalue weighted by atomic mass is 19.4. The van der Waals surface area contributed by atoms with Crippen LogP contribution in [0, 0.1) is 0 Å². The van der Waals surface area contributed by atoms with E-state index in [1.54, 1.807) is 42.5 Å². The number of nitrogens with zero attached hydrogens (tertiary/aromatic N) is 1. The van der Waals surface area contributed by atoms with Crippen molar-refractivity contribution in [2.24, 2.45) is 5.73 Å². The molecule has 7 heteroatoms. The minimum absolute atomic E-state index is 0.0192. The number of anilines is 1. The van der Waals surface area contributed by atoms with Crippen LogP contribution < -0.4 is 10.6 Å². The second-order valence-electron chi connectivity index (χ2n) is 6.52. The number of imide groups is 1. The molecule has 0 fully saturated rings. The lowest BCUT2D eigenvalue weighted by molar-refractivity contribution is -0.171. The highest BCUT2D eigenvalue weighted by Crippen LogP contribution is 2.26. The molecule has 2 amide bonds. The minimum atomic E-state index is -5.20. The Morgan fingerprint density at radius 2 is 1.56 bits per heavy atom. The highest BCUT2D eigenvalue weighted by molar-refractivity contribution is 6.18. The van der Waals surface area contributed by atoms with E-state index in [1.807, 2.05) is 13.8 Å². The number of hydrogen-bond donors (Lipinski definition) is 1. The maximum absolute atomic E-state index is 13.1. The van der Waals surface area contributed by atoms with Crippen molar-refractivity contribution in [3.8, 4) is 0 Å². The van der Waals surface area contributed by atoms with Gasteiger partial charge in [-0.2, -0.15) is 13.2 Å². The fourth-order valence-corrected chi connectivity index (χ4v) is 2.60. The molecule has 2 aromatic carbocycles. The van der Waals surface area contributed by atoms with Crippen LogP contribution in [-0.4, -0.2) is 24.0 Å². The summed E-state index contributed by atoms with van der Waals surface area (Å²) < 4.78 is 39.2. The van der Waals surface area contributed by atoms with Gasteiger partial charge in [0.05, 0.1) is 11.7 Å². The number of hydrogen-bond acceptors (Lipinski definition) is 3. The third-order valence-electron chi connectivity index (χ3n) is 4.10. The number of halogens is 3. The standard InChI is InChI=1S/C20H21F3N2O2/c1-13(2)15-8-10-16(11-9-15)25(19(27)20(21,22)23)18(26)17(24)12-14-6-4-3-5-7-14/h3-11,13,17H,12,24H2,1-2H3. The van der Waals surface area contributed by atoms with Gasteiger partial charge in [-0.05, 0) is 35.6 Å². The number of rotatable bonds is 5. The lowest BCUT2D eigenvalue weighted by Crippen LogP contribution is -2.52. The predicted octanol–water partition coefficient (Wildman–Crippen LogP) is 3.80. The summed E-state index contributed by atoms with van der Waals surface area (Å²) in [5.41, 5.74) is 7.24. The van der Waals surface area contributed by atoms with Gasteiger partial charge in [0.15, 0.2) is 0 Å². The van der Waals surface area contributed by atoms with Crippen molar-refractivity contribution in [2.75, 3.05) is 4.90 Å². The second-order valence-corrected chi connectivity index (χ2v) is 6.52. The molecule has 0 aliphatic carbocycles. The Morgan fingerprint density at radius 1 is 1.00 bits per heavy atom. The number of benzene rings is 2. The molecule has 2 aromatic rings.